The van der Waals surface area contributed by atoms with Gasteiger partial charge in [-0.25, -0.2) is 0 Å². The molecule has 1 N–H and O–H groups in total. The van der Waals surface area contributed by atoms with Crippen LogP contribution in [0.3, 0.4) is 0 Å². The Bertz CT molecular complexity index is 3200. The zero-order chi connectivity index (χ0) is 42.9. The van der Waals surface area contributed by atoms with E-state index in [0.717, 1.165) is 49.9 Å². The van der Waals surface area contributed by atoms with Crippen molar-refractivity contribution in [1.82, 2.24) is 0 Å². The molecule has 63 heavy (non-hydrogen) atoms. The molecule has 3 aliphatic rings. The SMILES string of the molecule is C=C/C=C\C=C/c1ccc2c(c1)C(CC)(CC)c1cc(-c3ccc4ccc5c(-c6ccc7c(c6)C(CC)(CC)c6cc(Nc8ccccc8)ccc6-7)ccc6c5c4c3CC6)ccc1-2. The molecule has 0 atom stereocenters. The van der Waals surface area contributed by atoms with Crippen molar-refractivity contribution in [3.8, 4) is 44.5 Å². The second-order valence-electron chi connectivity index (χ2n) is 18.1. The lowest BCUT2D eigenvalue weighted by atomic mass is 9.73. The molecule has 0 saturated carbocycles. The third-order valence-corrected chi connectivity index (χ3v) is 15.5. The van der Waals surface area contributed by atoms with Gasteiger partial charge in [0.25, 0.3) is 0 Å². The molecule has 1 heteroatoms. The van der Waals surface area contributed by atoms with E-state index in [1.807, 2.05) is 18.2 Å². The van der Waals surface area contributed by atoms with Crippen LogP contribution in [0.5, 0.6) is 0 Å². The van der Waals surface area contributed by atoms with Crippen molar-refractivity contribution in [2.45, 2.75) is 77.0 Å². The molecule has 0 radical (unpaired) electrons. The van der Waals surface area contributed by atoms with Gasteiger partial charge in [-0.1, -0.05) is 168 Å². The van der Waals surface area contributed by atoms with Crippen LogP contribution in [0, 0.1) is 0 Å². The first-order valence-corrected chi connectivity index (χ1v) is 23.3. The number of nitrogens with one attached hydrogen (secondary N) is 1. The smallest absolute Gasteiger partial charge is 0.0387 e. The first-order chi connectivity index (χ1) is 30.9. The Kier molecular flexibility index (Phi) is 9.50. The zero-order valence-corrected chi connectivity index (χ0v) is 37.1. The maximum Gasteiger partial charge on any atom is 0.0387 e. The predicted octanol–water partition coefficient (Wildman–Crippen LogP) is 17.1. The van der Waals surface area contributed by atoms with Crippen molar-refractivity contribution in [3.63, 3.8) is 0 Å². The van der Waals surface area contributed by atoms with Gasteiger partial charge in [0.1, 0.15) is 0 Å². The minimum absolute atomic E-state index is 0.0178. The van der Waals surface area contributed by atoms with Crippen LogP contribution in [-0.4, -0.2) is 0 Å². The molecule has 0 unspecified atom stereocenters. The van der Waals surface area contributed by atoms with Gasteiger partial charge >= 0.3 is 0 Å². The maximum absolute atomic E-state index is 3.81. The second kappa shape index (κ2) is 15.3. The van der Waals surface area contributed by atoms with E-state index >= 15 is 0 Å². The number of fused-ring (bicyclic) bond motifs is 6. The van der Waals surface area contributed by atoms with E-state index < -0.39 is 0 Å². The molecular weight excluding hydrogens is 759 g/mol. The van der Waals surface area contributed by atoms with Crippen LogP contribution >= 0.6 is 0 Å². The van der Waals surface area contributed by atoms with Crippen LogP contribution in [0.4, 0.5) is 11.4 Å². The van der Waals surface area contributed by atoms with Gasteiger partial charge in [-0.15, -0.1) is 0 Å². The minimum Gasteiger partial charge on any atom is -0.356 e. The van der Waals surface area contributed by atoms with Crippen LogP contribution in [0.25, 0.3) is 72.1 Å². The van der Waals surface area contributed by atoms with Crippen molar-refractivity contribution in [2.24, 2.45) is 0 Å². The van der Waals surface area contributed by atoms with Gasteiger partial charge < -0.3 is 5.32 Å². The largest absolute Gasteiger partial charge is 0.356 e. The van der Waals surface area contributed by atoms with E-state index in [0.29, 0.717) is 0 Å². The fraction of sp³-hybridized carbons (Fsp3) is 0.194. The Balaban J connectivity index is 1.01. The molecule has 1 nitrogen and oxygen atoms in total. The molecule has 0 saturated heterocycles. The van der Waals surface area contributed by atoms with E-state index in [1.165, 1.54) is 105 Å². The lowest BCUT2D eigenvalue weighted by Crippen LogP contribution is -2.23. The number of rotatable bonds is 11. The minimum atomic E-state index is -0.0440. The molecule has 8 aromatic rings. The Hall–Kier alpha value is -6.70. The highest BCUT2D eigenvalue weighted by Gasteiger charge is 2.42. The number of para-hydroxylation sites is 1. The molecule has 308 valence electrons. The Labute approximate surface area is 373 Å². The van der Waals surface area contributed by atoms with Crippen LogP contribution in [0.15, 0.2) is 170 Å². The van der Waals surface area contributed by atoms with E-state index in [1.54, 1.807) is 0 Å². The van der Waals surface area contributed by atoms with Gasteiger partial charge in [0.2, 0.25) is 0 Å². The quantitative estimate of drug-likeness (QED) is 0.101. The summed E-state index contributed by atoms with van der Waals surface area (Å²) in [6.45, 7) is 13.3. The summed E-state index contributed by atoms with van der Waals surface area (Å²) in [7, 11) is 0. The van der Waals surface area contributed by atoms with Gasteiger partial charge in [-0.2, -0.15) is 0 Å². The summed E-state index contributed by atoms with van der Waals surface area (Å²) in [6.07, 6.45) is 16.5. The van der Waals surface area contributed by atoms with Crippen molar-refractivity contribution < 1.29 is 0 Å². The zero-order valence-electron chi connectivity index (χ0n) is 37.1. The van der Waals surface area contributed by atoms with Crippen LogP contribution in [0.1, 0.15) is 92.3 Å². The van der Waals surface area contributed by atoms with E-state index in [2.05, 4.69) is 191 Å². The van der Waals surface area contributed by atoms with E-state index in [4.69, 9.17) is 0 Å². The molecule has 0 bridgehead atoms. The topological polar surface area (TPSA) is 12.0 Å². The number of allylic oxidation sites excluding steroid dienone is 4. The Morgan fingerprint density at radius 1 is 0.492 bits per heavy atom. The van der Waals surface area contributed by atoms with E-state index in [-0.39, 0.29) is 10.8 Å². The number of hydrogen-bond acceptors (Lipinski definition) is 1. The number of hydrogen-bond donors (Lipinski definition) is 1. The van der Waals surface area contributed by atoms with Gasteiger partial charge in [-0.05, 0) is 180 Å². The summed E-state index contributed by atoms with van der Waals surface area (Å²) in [4.78, 5) is 0. The molecule has 0 amide bonds. The summed E-state index contributed by atoms with van der Waals surface area (Å²) >= 11 is 0. The molecule has 0 fully saturated rings. The molecule has 3 aliphatic carbocycles. The number of aryl methyl sites for hydroxylation is 2. The summed E-state index contributed by atoms with van der Waals surface area (Å²) in [6, 6.07) is 53.8. The second-order valence-corrected chi connectivity index (χ2v) is 18.1. The standard InChI is InChI=1S/C62H55N/c1-6-11-12-14-17-40-20-28-49-50-31-25-43(37-56(50)61(7-2,8-3)55(49)36-40)47-29-21-41-24-34-54-48(30-22-42-23-33-53(47)59(41)60(42)54)44-26-32-51-52-35-27-46(63-45-18-15-13-16-19-45)39-58(52)62(9-4,10-5)57(51)38-44/h6,11-22,24-32,34-39,63H,1,7-10,23,33H2,2-5H3/b12-11-,17-14-. The third-order valence-electron chi connectivity index (χ3n) is 15.5. The van der Waals surface area contributed by atoms with Crippen molar-refractivity contribution >= 4 is 39.0 Å². The van der Waals surface area contributed by atoms with Crippen molar-refractivity contribution in [1.29, 1.82) is 0 Å². The highest BCUT2D eigenvalue weighted by atomic mass is 14.9. The third kappa shape index (κ3) is 5.89. The van der Waals surface area contributed by atoms with Crippen LogP contribution < -0.4 is 5.32 Å². The molecular formula is C62H55N. The summed E-state index contributed by atoms with van der Waals surface area (Å²) in [5.74, 6) is 0. The normalized spacial score (nSPS) is 15.0. The summed E-state index contributed by atoms with van der Waals surface area (Å²) in [5.41, 5.74) is 23.2. The maximum atomic E-state index is 3.81. The van der Waals surface area contributed by atoms with Crippen LogP contribution in [0.2, 0.25) is 0 Å². The molecule has 0 spiro atoms. The average molecular weight is 814 g/mol. The summed E-state index contributed by atoms with van der Waals surface area (Å²) < 4.78 is 0. The van der Waals surface area contributed by atoms with Gasteiger partial charge in [-0.3, -0.25) is 0 Å². The van der Waals surface area contributed by atoms with Gasteiger partial charge in [0, 0.05) is 22.2 Å². The van der Waals surface area contributed by atoms with E-state index in [9.17, 15) is 0 Å². The average Bonchev–Trinajstić information content (AvgIpc) is 3.77. The molecule has 8 aromatic carbocycles. The number of anilines is 2. The highest BCUT2D eigenvalue weighted by molar-refractivity contribution is 6.17. The number of benzene rings is 8. The monoisotopic (exact) mass is 813 g/mol. The summed E-state index contributed by atoms with van der Waals surface area (Å²) in [5, 5.41) is 9.27. The lowest BCUT2D eigenvalue weighted by Gasteiger charge is -2.30. The molecule has 0 aliphatic heterocycles. The fourth-order valence-electron chi connectivity index (χ4n) is 12.2. The van der Waals surface area contributed by atoms with Crippen molar-refractivity contribution in [3.05, 3.63) is 209 Å². The Morgan fingerprint density at radius 2 is 1.08 bits per heavy atom. The fourth-order valence-corrected chi connectivity index (χ4v) is 12.2. The first-order valence-electron chi connectivity index (χ1n) is 23.3. The predicted molar refractivity (Wildman–Crippen MR) is 271 cm³/mol. The Morgan fingerprint density at radius 3 is 1.76 bits per heavy atom. The van der Waals surface area contributed by atoms with Crippen molar-refractivity contribution in [2.75, 3.05) is 5.32 Å². The van der Waals surface area contributed by atoms with Gasteiger partial charge in [0.05, 0.1) is 0 Å². The molecule has 0 aromatic heterocycles. The van der Waals surface area contributed by atoms with Gasteiger partial charge in [0.15, 0.2) is 0 Å². The molecule has 0 heterocycles. The highest BCUT2D eigenvalue weighted by Crippen LogP contribution is 2.56. The lowest BCUT2D eigenvalue weighted by molar-refractivity contribution is 0.490. The first kappa shape index (κ1) is 39.2. The van der Waals surface area contributed by atoms with Crippen LogP contribution in [-0.2, 0) is 23.7 Å². The molecule has 11 rings (SSSR count).